The predicted molar refractivity (Wildman–Crippen MR) is 114 cm³/mol. The highest BCUT2D eigenvalue weighted by atomic mass is 16.5. The molecule has 2 aromatic carbocycles. The van der Waals surface area contributed by atoms with E-state index >= 15 is 0 Å². The van der Waals surface area contributed by atoms with Gasteiger partial charge in [-0.05, 0) is 55.2 Å². The first-order valence-corrected chi connectivity index (χ1v) is 10.4. The quantitative estimate of drug-likeness (QED) is 0.673. The van der Waals surface area contributed by atoms with Gasteiger partial charge in [-0.15, -0.1) is 0 Å². The smallest absolute Gasteiger partial charge is 0.253 e. The molecule has 0 radical (unpaired) electrons. The summed E-state index contributed by atoms with van der Waals surface area (Å²) in [7, 11) is 0. The third kappa shape index (κ3) is 5.83. The van der Waals surface area contributed by atoms with Crippen LogP contribution in [0.3, 0.4) is 0 Å². The second kappa shape index (κ2) is 10.1. The number of piperazine rings is 1. The summed E-state index contributed by atoms with van der Waals surface area (Å²) in [5.74, 6) is 1.03. The lowest BCUT2D eigenvalue weighted by Gasteiger charge is -2.35. The number of hydrogen-bond acceptors (Lipinski definition) is 3. The van der Waals surface area contributed by atoms with Crippen molar-refractivity contribution in [2.45, 2.75) is 33.1 Å². The van der Waals surface area contributed by atoms with Crippen LogP contribution in [0.5, 0.6) is 5.75 Å². The molecule has 0 unspecified atom stereocenters. The highest BCUT2D eigenvalue weighted by molar-refractivity contribution is 5.94. The van der Waals surface area contributed by atoms with Crippen LogP contribution in [0.1, 0.15) is 41.3 Å². The molecule has 1 aliphatic heterocycles. The van der Waals surface area contributed by atoms with Crippen LogP contribution >= 0.6 is 0 Å². The van der Waals surface area contributed by atoms with Crippen LogP contribution < -0.4 is 4.74 Å². The average Bonchev–Trinajstić information content (AvgIpc) is 2.76. The Morgan fingerprint density at radius 2 is 1.66 bits per heavy atom. The van der Waals surface area contributed by atoms with E-state index in [-0.39, 0.29) is 11.8 Å². The first-order chi connectivity index (χ1) is 14.1. The number of ether oxygens (including phenoxy) is 1. The standard InChI is InChI=1S/C24H30N2O3/c1-3-20-9-11-21(12-10-20)24(28)26-15-13-25(14-16-26)23(27)8-5-17-29-22-7-4-6-19(2)18-22/h4,6-7,9-12,18H,3,5,8,13-17H2,1-2H3. The molecule has 2 amide bonds. The van der Waals surface area contributed by atoms with Crippen molar-refractivity contribution in [3.63, 3.8) is 0 Å². The van der Waals surface area contributed by atoms with Crippen molar-refractivity contribution in [1.82, 2.24) is 9.80 Å². The fraction of sp³-hybridized carbons (Fsp3) is 0.417. The maximum atomic E-state index is 12.7. The second-order valence-electron chi connectivity index (χ2n) is 7.49. The molecule has 0 bridgehead atoms. The predicted octanol–water partition coefficient (Wildman–Crippen LogP) is 3.70. The molecular formula is C24H30N2O3. The zero-order chi connectivity index (χ0) is 20.6. The van der Waals surface area contributed by atoms with Crippen molar-refractivity contribution in [1.29, 1.82) is 0 Å². The number of rotatable bonds is 7. The Morgan fingerprint density at radius 1 is 0.966 bits per heavy atom. The molecule has 0 spiro atoms. The zero-order valence-electron chi connectivity index (χ0n) is 17.4. The number of carbonyl (C=O) groups is 2. The van der Waals surface area contributed by atoms with Crippen molar-refractivity contribution in [2.24, 2.45) is 0 Å². The Labute approximate surface area is 173 Å². The minimum absolute atomic E-state index is 0.0475. The highest BCUT2D eigenvalue weighted by Gasteiger charge is 2.24. The van der Waals surface area contributed by atoms with Gasteiger partial charge in [-0.3, -0.25) is 9.59 Å². The van der Waals surface area contributed by atoms with E-state index in [4.69, 9.17) is 4.74 Å². The first-order valence-electron chi connectivity index (χ1n) is 10.4. The van der Waals surface area contributed by atoms with Gasteiger partial charge in [0.2, 0.25) is 5.91 Å². The molecule has 154 valence electrons. The van der Waals surface area contributed by atoms with Gasteiger partial charge in [-0.25, -0.2) is 0 Å². The molecule has 3 rings (SSSR count). The summed E-state index contributed by atoms with van der Waals surface area (Å²) in [6.07, 6.45) is 2.12. The van der Waals surface area contributed by atoms with E-state index in [9.17, 15) is 9.59 Å². The largest absolute Gasteiger partial charge is 0.494 e. The van der Waals surface area contributed by atoms with Gasteiger partial charge in [0.1, 0.15) is 5.75 Å². The molecule has 1 fully saturated rings. The van der Waals surface area contributed by atoms with E-state index < -0.39 is 0 Å². The van der Waals surface area contributed by atoms with Gasteiger partial charge in [0.15, 0.2) is 0 Å². The average molecular weight is 395 g/mol. The first kappa shape index (κ1) is 20.9. The van der Waals surface area contributed by atoms with E-state index in [1.807, 2.05) is 65.3 Å². The van der Waals surface area contributed by atoms with E-state index in [2.05, 4.69) is 6.92 Å². The summed E-state index contributed by atoms with van der Waals surface area (Å²) in [6, 6.07) is 15.7. The fourth-order valence-corrected chi connectivity index (χ4v) is 3.50. The fourth-order valence-electron chi connectivity index (χ4n) is 3.50. The molecule has 0 N–H and O–H groups in total. The Bertz CT molecular complexity index is 824. The molecule has 0 aliphatic carbocycles. The number of aryl methyl sites for hydroxylation is 2. The highest BCUT2D eigenvalue weighted by Crippen LogP contribution is 2.14. The lowest BCUT2D eigenvalue weighted by molar-refractivity contribution is -0.132. The maximum Gasteiger partial charge on any atom is 0.253 e. The van der Waals surface area contributed by atoms with Crippen molar-refractivity contribution in [2.75, 3.05) is 32.8 Å². The molecule has 5 nitrogen and oxygen atoms in total. The number of hydrogen-bond donors (Lipinski definition) is 0. The molecule has 2 aromatic rings. The summed E-state index contributed by atoms with van der Waals surface area (Å²) in [5, 5.41) is 0. The third-order valence-electron chi connectivity index (χ3n) is 5.32. The molecule has 1 heterocycles. The molecule has 1 saturated heterocycles. The lowest BCUT2D eigenvalue weighted by Crippen LogP contribution is -2.50. The van der Waals surface area contributed by atoms with Crippen molar-refractivity contribution < 1.29 is 14.3 Å². The summed E-state index contributed by atoms with van der Waals surface area (Å²) < 4.78 is 5.71. The van der Waals surface area contributed by atoms with Crippen LogP contribution in [-0.2, 0) is 11.2 Å². The van der Waals surface area contributed by atoms with Gasteiger partial charge < -0.3 is 14.5 Å². The van der Waals surface area contributed by atoms with Crippen LogP contribution in [0.2, 0.25) is 0 Å². The van der Waals surface area contributed by atoms with E-state index in [1.165, 1.54) is 5.56 Å². The van der Waals surface area contributed by atoms with Gasteiger partial charge >= 0.3 is 0 Å². The van der Waals surface area contributed by atoms with Crippen LogP contribution in [0.15, 0.2) is 48.5 Å². The molecule has 1 aliphatic rings. The Hall–Kier alpha value is -2.82. The maximum absolute atomic E-state index is 12.7. The molecule has 29 heavy (non-hydrogen) atoms. The van der Waals surface area contributed by atoms with Crippen molar-refractivity contribution in [3.05, 3.63) is 65.2 Å². The van der Waals surface area contributed by atoms with Crippen LogP contribution in [0.25, 0.3) is 0 Å². The number of benzene rings is 2. The van der Waals surface area contributed by atoms with E-state index in [1.54, 1.807) is 0 Å². The van der Waals surface area contributed by atoms with Gasteiger partial charge in [0, 0.05) is 38.2 Å². The van der Waals surface area contributed by atoms with Gasteiger partial charge in [0.05, 0.1) is 6.61 Å². The van der Waals surface area contributed by atoms with Crippen molar-refractivity contribution in [3.8, 4) is 5.75 Å². The van der Waals surface area contributed by atoms with Crippen molar-refractivity contribution >= 4 is 11.8 Å². The Morgan fingerprint density at radius 3 is 2.31 bits per heavy atom. The summed E-state index contributed by atoms with van der Waals surface area (Å²) in [5.41, 5.74) is 3.10. The van der Waals surface area contributed by atoms with E-state index in [0.717, 1.165) is 23.3 Å². The molecule has 0 atom stereocenters. The minimum atomic E-state index is 0.0475. The summed E-state index contributed by atoms with van der Waals surface area (Å²) >= 11 is 0. The normalized spacial score (nSPS) is 14.0. The monoisotopic (exact) mass is 394 g/mol. The molecule has 0 aromatic heterocycles. The SMILES string of the molecule is CCc1ccc(C(=O)N2CCN(C(=O)CCCOc3cccc(C)c3)CC2)cc1. The summed E-state index contributed by atoms with van der Waals surface area (Å²) in [6.45, 7) is 7.01. The van der Waals surface area contributed by atoms with Crippen LogP contribution in [0.4, 0.5) is 0 Å². The van der Waals surface area contributed by atoms with Crippen LogP contribution in [-0.4, -0.2) is 54.4 Å². The zero-order valence-corrected chi connectivity index (χ0v) is 17.4. The van der Waals surface area contributed by atoms with Gasteiger partial charge in [0.25, 0.3) is 5.91 Å². The van der Waals surface area contributed by atoms with Gasteiger partial charge in [-0.2, -0.15) is 0 Å². The number of carbonyl (C=O) groups excluding carboxylic acids is 2. The Kier molecular flexibility index (Phi) is 7.28. The summed E-state index contributed by atoms with van der Waals surface area (Å²) in [4.78, 5) is 28.8. The number of amides is 2. The lowest BCUT2D eigenvalue weighted by atomic mass is 10.1. The Balaban J connectivity index is 1.39. The molecule has 5 heteroatoms. The number of nitrogens with zero attached hydrogens (tertiary/aromatic N) is 2. The second-order valence-corrected chi connectivity index (χ2v) is 7.49. The molecular weight excluding hydrogens is 364 g/mol. The van der Waals surface area contributed by atoms with E-state index in [0.29, 0.717) is 45.6 Å². The molecule has 0 saturated carbocycles. The van der Waals surface area contributed by atoms with Gasteiger partial charge in [-0.1, -0.05) is 31.2 Å². The third-order valence-corrected chi connectivity index (χ3v) is 5.32. The topological polar surface area (TPSA) is 49.9 Å². The van der Waals surface area contributed by atoms with Crippen LogP contribution in [0, 0.1) is 6.92 Å². The minimum Gasteiger partial charge on any atom is -0.494 e.